The highest BCUT2D eigenvalue weighted by molar-refractivity contribution is 5.73. The fourth-order valence-electron chi connectivity index (χ4n) is 2.83. The Labute approximate surface area is 148 Å². The summed E-state index contributed by atoms with van der Waals surface area (Å²) in [5.74, 6) is -0.658. The normalized spacial score (nSPS) is 23.6. The lowest BCUT2D eigenvalue weighted by Crippen LogP contribution is -2.49. The van der Waals surface area contributed by atoms with Gasteiger partial charge in [-0.3, -0.25) is 4.79 Å². The van der Waals surface area contributed by atoms with Crippen LogP contribution in [-0.2, 0) is 20.9 Å². The average Bonchev–Trinajstić information content (AvgIpc) is 2.53. The molecule has 2 N–H and O–H groups in total. The van der Waals surface area contributed by atoms with Gasteiger partial charge < -0.3 is 19.9 Å². The largest absolute Gasteiger partial charge is 0.461 e. The van der Waals surface area contributed by atoms with Crippen LogP contribution < -0.4 is 5.32 Å². The minimum atomic E-state index is -0.796. The maximum atomic E-state index is 12.2. The lowest BCUT2D eigenvalue weighted by atomic mass is 9.84. The van der Waals surface area contributed by atoms with Crippen LogP contribution in [0.2, 0.25) is 0 Å². The molecule has 3 atom stereocenters. The molecule has 0 heterocycles. The van der Waals surface area contributed by atoms with Gasteiger partial charge in [0.2, 0.25) is 0 Å². The van der Waals surface area contributed by atoms with Crippen molar-refractivity contribution in [3.05, 3.63) is 35.9 Å². The number of alkyl carbamates (subject to hydrolysis) is 1. The number of esters is 1. The maximum Gasteiger partial charge on any atom is 0.407 e. The molecule has 0 saturated heterocycles. The van der Waals surface area contributed by atoms with E-state index in [4.69, 9.17) is 9.47 Å². The van der Waals surface area contributed by atoms with E-state index in [-0.39, 0.29) is 24.9 Å². The second-order valence-corrected chi connectivity index (χ2v) is 7.42. The van der Waals surface area contributed by atoms with Gasteiger partial charge in [0.15, 0.2) is 0 Å². The zero-order valence-electron chi connectivity index (χ0n) is 15.0. The maximum absolute atomic E-state index is 12.2. The second-order valence-electron chi connectivity index (χ2n) is 7.42. The third-order valence-electron chi connectivity index (χ3n) is 4.08. The Morgan fingerprint density at radius 3 is 2.48 bits per heavy atom. The van der Waals surface area contributed by atoms with Crippen LogP contribution in [0.4, 0.5) is 4.79 Å². The predicted molar refractivity (Wildman–Crippen MR) is 92.7 cm³/mol. The lowest BCUT2D eigenvalue weighted by Gasteiger charge is -2.33. The Morgan fingerprint density at radius 2 is 1.88 bits per heavy atom. The minimum Gasteiger partial charge on any atom is -0.461 e. The number of ether oxygens (including phenoxy) is 2. The van der Waals surface area contributed by atoms with Crippen molar-refractivity contribution in [1.29, 1.82) is 0 Å². The standard InChI is InChI=1S/C19H27NO5/c1-19(2,3)25-18(23)20-15-10-9-14(11-16(15)21)17(22)24-12-13-7-5-4-6-8-13/h4-8,14-16,21H,9-12H2,1-3H3,(H,20,23). The van der Waals surface area contributed by atoms with Crippen molar-refractivity contribution in [1.82, 2.24) is 5.32 Å². The number of benzene rings is 1. The van der Waals surface area contributed by atoms with E-state index in [1.54, 1.807) is 20.8 Å². The third-order valence-corrected chi connectivity index (χ3v) is 4.08. The van der Waals surface area contributed by atoms with Gasteiger partial charge in [0.25, 0.3) is 0 Å². The van der Waals surface area contributed by atoms with Crippen LogP contribution in [0.15, 0.2) is 30.3 Å². The van der Waals surface area contributed by atoms with Crippen LogP contribution in [-0.4, -0.2) is 34.9 Å². The van der Waals surface area contributed by atoms with Crippen LogP contribution in [0.3, 0.4) is 0 Å². The Kier molecular flexibility index (Phi) is 6.42. The Hall–Kier alpha value is -2.08. The van der Waals surface area contributed by atoms with Gasteiger partial charge in [-0.2, -0.15) is 0 Å². The summed E-state index contributed by atoms with van der Waals surface area (Å²) in [5, 5.41) is 12.9. The van der Waals surface area contributed by atoms with Crippen molar-refractivity contribution in [3.8, 4) is 0 Å². The number of hydrogen-bond acceptors (Lipinski definition) is 5. The summed E-state index contributed by atoms with van der Waals surface area (Å²) >= 11 is 0. The molecule has 1 saturated carbocycles. The number of carbonyl (C=O) groups is 2. The Bertz CT molecular complexity index is 581. The molecular formula is C19H27NO5. The zero-order valence-corrected chi connectivity index (χ0v) is 15.0. The van der Waals surface area contributed by atoms with Crippen molar-refractivity contribution < 1.29 is 24.2 Å². The first kappa shape index (κ1) is 19.2. The topological polar surface area (TPSA) is 84.9 Å². The Morgan fingerprint density at radius 1 is 1.20 bits per heavy atom. The molecule has 0 bridgehead atoms. The fourth-order valence-corrected chi connectivity index (χ4v) is 2.83. The molecule has 1 aromatic carbocycles. The van der Waals surface area contributed by atoms with Crippen LogP contribution in [0.5, 0.6) is 0 Å². The molecule has 6 nitrogen and oxygen atoms in total. The molecule has 1 aromatic rings. The molecule has 6 heteroatoms. The molecule has 0 spiro atoms. The molecule has 0 radical (unpaired) electrons. The van der Waals surface area contributed by atoms with E-state index in [1.807, 2.05) is 30.3 Å². The van der Waals surface area contributed by atoms with Crippen molar-refractivity contribution in [2.45, 2.75) is 64.4 Å². The SMILES string of the molecule is CC(C)(C)OC(=O)NC1CCC(C(=O)OCc2ccccc2)CC1O. The summed E-state index contributed by atoms with van der Waals surface area (Å²) in [5.41, 5.74) is 0.338. The number of nitrogens with one attached hydrogen (secondary N) is 1. The van der Waals surface area contributed by atoms with Crippen LogP contribution in [0.25, 0.3) is 0 Å². The average molecular weight is 349 g/mol. The van der Waals surface area contributed by atoms with E-state index in [0.717, 1.165) is 5.56 Å². The number of rotatable bonds is 4. The fraction of sp³-hybridized carbons (Fsp3) is 0.579. The highest BCUT2D eigenvalue weighted by atomic mass is 16.6. The van der Waals surface area contributed by atoms with Gasteiger partial charge in [-0.25, -0.2) is 4.79 Å². The number of carbonyl (C=O) groups excluding carboxylic acids is 2. The molecule has 2 rings (SSSR count). The summed E-state index contributed by atoms with van der Waals surface area (Å²) < 4.78 is 10.5. The van der Waals surface area contributed by atoms with E-state index in [0.29, 0.717) is 12.8 Å². The molecule has 138 valence electrons. The number of aliphatic hydroxyl groups excluding tert-OH is 1. The van der Waals surface area contributed by atoms with E-state index in [1.165, 1.54) is 0 Å². The van der Waals surface area contributed by atoms with Crippen LogP contribution in [0, 0.1) is 5.92 Å². The van der Waals surface area contributed by atoms with Crippen LogP contribution >= 0.6 is 0 Å². The van der Waals surface area contributed by atoms with Gasteiger partial charge in [-0.1, -0.05) is 30.3 Å². The summed E-state index contributed by atoms with van der Waals surface area (Å²) in [6.45, 7) is 5.57. The predicted octanol–water partition coefficient (Wildman–Crippen LogP) is 2.78. The van der Waals surface area contributed by atoms with Gasteiger partial charge in [0.05, 0.1) is 18.1 Å². The Balaban J connectivity index is 1.78. The molecule has 1 amide bonds. The first-order valence-electron chi connectivity index (χ1n) is 8.63. The van der Waals surface area contributed by atoms with Crippen molar-refractivity contribution in [3.63, 3.8) is 0 Å². The van der Waals surface area contributed by atoms with Gasteiger partial charge in [-0.15, -0.1) is 0 Å². The van der Waals surface area contributed by atoms with E-state index in [9.17, 15) is 14.7 Å². The first-order chi connectivity index (χ1) is 11.7. The third kappa shape index (κ3) is 6.38. The van der Waals surface area contributed by atoms with E-state index in [2.05, 4.69) is 5.32 Å². The number of aliphatic hydroxyl groups is 1. The monoisotopic (exact) mass is 349 g/mol. The van der Waals surface area contributed by atoms with E-state index < -0.39 is 23.8 Å². The lowest BCUT2D eigenvalue weighted by molar-refractivity contribution is -0.152. The zero-order chi connectivity index (χ0) is 18.4. The van der Waals surface area contributed by atoms with Gasteiger partial charge in [-0.05, 0) is 45.6 Å². The van der Waals surface area contributed by atoms with E-state index >= 15 is 0 Å². The smallest absolute Gasteiger partial charge is 0.407 e. The molecule has 0 aliphatic heterocycles. The van der Waals surface area contributed by atoms with Crippen molar-refractivity contribution >= 4 is 12.1 Å². The second kappa shape index (κ2) is 8.34. The summed E-state index contributed by atoms with van der Waals surface area (Å²) in [7, 11) is 0. The molecule has 1 aliphatic carbocycles. The van der Waals surface area contributed by atoms with Crippen LogP contribution in [0.1, 0.15) is 45.6 Å². The summed E-state index contributed by atoms with van der Waals surface area (Å²) in [4.78, 5) is 24.0. The molecule has 0 aromatic heterocycles. The molecule has 25 heavy (non-hydrogen) atoms. The molecule has 1 fully saturated rings. The highest BCUT2D eigenvalue weighted by Crippen LogP contribution is 2.26. The molecule has 3 unspecified atom stereocenters. The molecule has 1 aliphatic rings. The van der Waals surface area contributed by atoms with Gasteiger partial charge in [0, 0.05) is 0 Å². The van der Waals surface area contributed by atoms with Crippen molar-refractivity contribution in [2.75, 3.05) is 0 Å². The number of amides is 1. The number of hydrogen-bond donors (Lipinski definition) is 2. The summed E-state index contributed by atoms with van der Waals surface area (Å²) in [6.07, 6.45) is -0.0118. The van der Waals surface area contributed by atoms with Gasteiger partial charge >= 0.3 is 12.1 Å². The molecular weight excluding hydrogens is 322 g/mol. The first-order valence-corrected chi connectivity index (χ1v) is 8.63. The van der Waals surface area contributed by atoms with Crippen molar-refractivity contribution in [2.24, 2.45) is 5.92 Å². The quantitative estimate of drug-likeness (QED) is 0.817. The van der Waals surface area contributed by atoms with Gasteiger partial charge in [0.1, 0.15) is 12.2 Å². The highest BCUT2D eigenvalue weighted by Gasteiger charge is 2.35. The summed E-state index contributed by atoms with van der Waals surface area (Å²) in [6, 6.07) is 9.06. The minimum absolute atomic E-state index is 0.228.